The van der Waals surface area contributed by atoms with Crippen molar-refractivity contribution in [2.24, 2.45) is 0 Å². The summed E-state index contributed by atoms with van der Waals surface area (Å²) in [6, 6.07) is 14.1. The van der Waals surface area contributed by atoms with Crippen LogP contribution in [-0.4, -0.2) is 30.6 Å². The predicted molar refractivity (Wildman–Crippen MR) is 126 cm³/mol. The van der Waals surface area contributed by atoms with Gasteiger partial charge in [-0.1, -0.05) is 18.2 Å². The first-order valence-electron chi connectivity index (χ1n) is 10.8. The van der Waals surface area contributed by atoms with Gasteiger partial charge in [0.2, 0.25) is 0 Å². The lowest BCUT2D eigenvalue weighted by Gasteiger charge is -2.10. The molecule has 7 nitrogen and oxygen atoms in total. The van der Waals surface area contributed by atoms with Gasteiger partial charge in [-0.25, -0.2) is 19.0 Å². The number of hydrogen-bond acceptors (Lipinski definition) is 4. The number of pyridine rings is 1. The maximum Gasteiger partial charge on any atom is 0.257 e. The van der Waals surface area contributed by atoms with Crippen molar-refractivity contribution in [3.8, 4) is 0 Å². The van der Waals surface area contributed by atoms with Gasteiger partial charge in [-0.3, -0.25) is 4.79 Å². The molecule has 2 aromatic carbocycles. The zero-order valence-electron chi connectivity index (χ0n) is 18.6. The summed E-state index contributed by atoms with van der Waals surface area (Å²) in [7, 11) is 0. The van der Waals surface area contributed by atoms with Gasteiger partial charge in [0, 0.05) is 23.5 Å². The van der Waals surface area contributed by atoms with E-state index in [0.717, 1.165) is 22.1 Å². The van der Waals surface area contributed by atoms with Gasteiger partial charge in [-0.05, 0) is 56.7 Å². The van der Waals surface area contributed by atoms with Crippen LogP contribution in [0.3, 0.4) is 0 Å². The summed E-state index contributed by atoms with van der Waals surface area (Å²) in [5.41, 5.74) is 4.62. The molecule has 5 aromatic rings. The Labute approximate surface area is 189 Å². The van der Waals surface area contributed by atoms with Crippen LogP contribution in [0.4, 0.5) is 10.1 Å². The normalized spacial score (nSPS) is 11.5. The number of rotatable bonds is 5. The lowest BCUT2D eigenvalue weighted by molar-refractivity contribution is 0.102. The van der Waals surface area contributed by atoms with Crippen LogP contribution in [0.15, 0.2) is 54.7 Å². The monoisotopic (exact) mass is 442 g/mol. The smallest absolute Gasteiger partial charge is 0.257 e. The molecule has 0 saturated heterocycles. The molecule has 166 valence electrons. The summed E-state index contributed by atoms with van der Waals surface area (Å²) in [4.78, 5) is 25.4. The second kappa shape index (κ2) is 8.12. The molecule has 0 fully saturated rings. The molecular weight excluding hydrogens is 419 g/mol. The summed E-state index contributed by atoms with van der Waals surface area (Å²) >= 11 is 0. The number of hydrogen-bond donors (Lipinski definition) is 2. The van der Waals surface area contributed by atoms with E-state index in [1.54, 1.807) is 30.5 Å². The van der Waals surface area contributed by atoms with Crippen LogP contribution in [0, 0.1) is 12.7 Å². The van der Waals surface area contributed by atoms with E-state index in [0.29, 0.717) is 34.8 Å². The quantitative estimate of drug-likeness (QED) is 0.393. The van der Waals surface area contributed by atoms with Gasteiger partial charge >= 0.3 is 0 Å². The molecule has 0 atom stereocenters. The number of fused-ring (bicyclic) bond motifs is 2. The molecule has 0 spiro atoms. The first-order chi connectivity index (χ1) is 15.9. The standard InChI is InChI=1S/C25H23FN6O/c1-14(2)32-24-17(13-27-32)10-19(15(3)28-24)25(33)29-18-8-9-21-22(12-18)31-23(30-21)11-16-6-4-5-7-20(16)26/h4-10,12-14H,11H2,1-3H3,(H,29,33)(H,30,31). The minimum Gasteiger partial charge on any atom is -0.342 e. The van der Waals surface area contributed by atoms with Crippen molar-refractivity contribution >= 4 is 33.7 Å². The van der Waals surface area contributed by atoms with Crippen molar-refractivity contribution in [2.45, 2.75) is 33.2 Å². The van der Waals surface area contributed by atoms with E-state index in [4.69, 9.17) is 0 Å². The maximum absolute atomic E-state index is 14.0. The zero-order chi connectivity index (χ0) is 23.1. The number of nitrogens with one attached hydrogen (secondary N) is 2. The summed E-state index contributed by atoms with van der Waals surface area (Å²) < 4.78 is 15.8. The number of carbonyl (C=O) groups excluding carboxylic acids is 1. The zero-order valence-corrected chi connectivity index (χ0v) is 18.6. The molecule has 1 amide bonds. The van der Waals surface area contributed by atoms with Gasteiger partial charge in [0.15, 0.2) is 5.65 Å². The third kappa shape index (κ3) is 3.95. The molecule has 3 aromatic heterocycles. The number of H-pyrrole nitrogens is 1. The number of aromatic amines is 1. The van der Waals surface area contributed by atoms with Crippen LogP contribution < -0.4 is 5.32 Å². The minimum absolute atomic E-state index is 0.179. The summed E-state index contributed by atoms with van der Waals surface area (Å²) in [6.45, 7) is 5.90. The SMILES string of the molecule is Cc1nc2c(cnn2C(C)C)cc1C(=O)Nc1ccc2nc(Cc3ccccc3F)[nH]c2c1. The Kier molecular flexibility index (Phi) is 5.12. The second-order valence-electron chi connectivity index (χ2n) is 8.35. The predicted octanol–water partition coefficient (Wildman–Crippen LogP) is 5.18. The third-order valence-electron chi connectivity index (χ3n) is 5.60. The minimum atomic E-state index is -0.259. The Morgan fingerprint density at radius 3 is 2.76 bits per heavy atom. The van der Waals surface area contributed by atoms with Crippen LogP contribution in [0.5, 0.6) is 0 Å². The highest BCUT2D eigenvalue weighted by molar-refractivity contribution is 6.07. The highest BCUT2D eigenvalue weighted by Crippen LogP contribution is 2.22. The van der Waals surface area contributed by atoms with E-state index in [9.17, 15) is 9.18 Å². The van der Waals surface area contributed by atoms with Crippen LogP contribution in [-0.2, 0) is 6.42 Å². The van der Waals surface area contributed by atoms with E-state index >= 15 is 0 Å². The van der Waals surface area contributed by atoms with Crippen molar-refractivity contribution < 1.29 is 9.18 Å². The van der Waals surface area contributed by atoms with Crippen LogP contribution in [0.1, 0.15) is 47.3 Å². The van der Waals surface area contributed by atoms with Gasteiger partial charge in [-0.2, -0.15) is 5.10 Å². The molecule has 33 heavy (non-hydrogen) atoms. The molecule has 5 rings (SSSR count). The average Bonchev–Trinajstić information content (AvgIpc) is 3.37. The van der Waals surface area contributed by atoms with Gasteiger partial charge < -0.3 is 10.3 Å². The number of amides is 1. The molecular formula is C25H23FN6O. The molecule has 3 heterocycles. The van der Waals surface area contributed by atoms with Crippen LogP contribution >= 0.6 is 0 Å². The number of aromatic nitrogens is 5. The van der Waals surface area contributed by atoms with E-state index < -0.39 is 0 Å². The molecule has 0 unspecified atom stereocenters. The summed E-state index contributed by atoms with van der Waals surface area (Å²) in [6.07, 6.45) is 2.09. The highest BCUT2D eigenvalue weighted by atomic mass is 19.1. The number of nitrogens with zero attached hydrogens (tertiary/aromatic N) is 4. The van der Waals surface area contributed by atoms with E-state index in [-0.39, 0.29) is 17.8 Å². The number of aryl methyl sites for hydroxylation is 1. The lowest BCUT2D eigenvalue weighted by atomic mass is 10.1. The average molecular weight is 442 g/mol. The van der Waals surface area contributed by atoms with Gasteiger partial charge in [-0.15, -0.1) is 0 Å². The highest BCUT2D eigenvalue weighted by Gasteiger charge is 2.16. The summed E-state index contributed by atoms with van der Waals surface area (Å²) in [5, 5.41) is 8.14. The van der Waals surface area contributed by atoms with Crippen molar-refractivity contribution in [1.82, 2.24) is 24.7 Å². The van der Waals surface area contributed by atoms with Crippen molar-refractivity contribution in [3.63, 3.8) is 0 Å². The largest absolute Gasteiger partial charge is 0.342 e. The lowest BCUT2D eigenvalue weighted by Crippen LogP contribution is -2.14. The van der Waals surface area contributed by atoms with Gasteiger partial charge in [0.25, 0.3) is 5.91 Å². The van der Waals surface area contributed by atoms with Crippen LogP contribution in [0.2, 0.25) is 0 Å². The fraction of sp³-hybridized carbons (Fsp3) is 0.200. The van der Waals surface area contributed by atoms with E-state index in [1.807, 2.05) is 43.7 Å². The molecule has 0 aliphatic carbocycles. The Morgan fingerprint density at radius 2 is 1.97 bits per heavy atom. The first kappa shape index (κ1) is 20.8. The van der Waals surface area contributed by atoms with Gasteiger partial charge in [0.1, 0.15) is 11.6 Å². The Balaban J connectivity index is 1.39. The molecule has 0 radical (unpaired) electrons. The Bertz CT molecular complexity index is 1500. The number of anilines is 1. The molecule has 0 aliphatic heterocycles. The van der Waals surface area contributed by atoms with E-state index in [2.05, 4.69) is 25.4 Å². The Hall–Kier alpha value is -4.07. The molecule has 0 saturated carbocycles. The second-order valence-corrected chi connectivity index (χ2v) is 8.35. The van der Waals surface area contributed by atoms with Crippen molar-refractivity contribution in [3.05, 3.63) is 83.2 Å². The fourth-order valence-corrected chi connectivity index (χ4v) is 3.92. The number of carbonyl (C=O) groups is 1. The number of halogens is 1. The molecule has 2 N–H and O–H groups in total. The third-order valence-corrected chi connectivity index (χ3v) is 5.60. The maximum atomic E-state index is 14.0. The number of benzene rings is 2. The molecule has 0 bridgehead atoms. The fourth-order valence-electron chi connectivity index (χ4n) is 3.92. The number of imidazole rings is 1. The topological polar surface area (TPSA) is 88.5 Å². The summed E-state index contributed by atoms with van der Waals surface area (Å²) in [5.74, 6) is 0.154. The van der Waals surface area contributed by atoms with E-state index in [1.165, 1.54) is 6.07 Å². The Morgan fingerprint density at radius 1 is 1.15 bits per heavy atom. The first-order valence-corrected chi connectivity index (χ1v) is 10.8. The van der Waals surface area contributed by atoms with Gasteiger partial charge in [0.05, 0.1) is 28.5 Å². The van der Waals surface area contributed by atoms with Crippen molar-refractivity contribution in [1.29, 1.82) is 0 Å². The molecule has 8 heteroatoms. The molecule has 0 aliphatic rings. The van der Waals surface area contributed by atoms with Crippen LogP contribution in [0.25, 0.3) is 22.1 Å². The van der Waals surface area contributed by atoms with Crippen molar-refractivity contribution in [2.75, 3.05) is 5.32 Å².